The summed E-state index contributed by atoms with van der Waals surface area (Å²) in [6, 6.07) is 7.07. The van der Waals surface area contributed by atoms with Crippen molar-refractivity contribution in [3.05, 3.63) is 80.8 Å². The number of alkyl halides is 2. The molecule has 44 heavy (non-hydrogen) atoms. The SMILES string of the molecule is CC(NC(=O)[C@@H]1CC2(CN1C(=O)CNC(=O)c1ccc3c(c1)-c1ccc(F)cc1C3(F)F)OCCO2)c1cc(C(=N)N)cs1. The molecule has 0 bridgehead atoms. The summed E-state index contributed by atoms with van der Waals surface area (Å²) in [5, 5.41) is 14.7. The number of nitrogens with one attached hydrogen (secondary N) is 3. The van der Waals surface area contributed by atoms with E-state index in [-0.39, 0.29) is 41.1 Å². The lowest BCUT2D eigenvalue weighted by molar-refractivity contribution is -0.152. The number of nitrogens with zero attached hydrogens (tertiary/aromatic N) is 1. The van der Waals surface area contributed by atoms with E-state index >= 15 is 0 Å². The zero-order chi connectivity index (χ0) is 31.4. The highest BCUT2D eigenvalue weighted by atomic mass is 32.1. The van der Waals surface area contributed by atoms with Crippen LogP contribution in [0.25, 0.3) is 11.1 Å². The highest BCUT2D eigenvalue weighted by Gasteiger charge is 2.52. The van der Waals surface area contributed by atoms with Crippen LogP contribution in [0.15, 0.2) is 47.8 Å². The number of amidine groups is 1. The molecule has 2 fully saturated rings. The number of ether oxygens (including phenoxy) is 2. The van der Waals surface area contributed by atoms with Crippen LogP contribution in [0.5, 0.6) is 0 Å². The molecule has 230 valence electrons. The molecule has 1 aromatic heterocycles. The first kappa shape index (κ1) is 29.8. The van der Waals surface area contributed by atoms with Gasteiger partial charge in [-0.2, -0.15) is 8.78 Å². The summed E-state index contributed by atoms with van der Waals surface area (Å²) in [6.45, 7) is 1.88. The van der Waals surface area contributed by atoms with Gasteiger partial charge in [0, 0.05) is 38.9 Å². The van der Waals surface area contributed by atoms with E-state index in [2.05, 4.69) is 10.6 Å². The number of nitrogen functional groups attached to an aromatic ring is 1. The van der Waals surface area contributed by atoms with E-state index < -0.39 is 59.4 Å². The molecule has 3 aliphatic rings. The van der Waals surface area contributed by atoms with Crippen molar-refractivity contribution in [2.45, 2.75) is 37.1 Å². The van der Waals surface area contributed by atoms with Crippen LogP contribution in [-0.4, -0.2) is 66.6 Å². The smallest absolute Gasteiger partial charge is 0.299 e. The number of amides is 3. The van der Waals surface area contributed by atoms with Crippen molar-refractivity contribution in [3.63, 3.8) is 0 Å². The fraction of sp³-hybridized carbons (Fsp3) is 0.333. The Morgan fingerprint density at radius 2 is 1.84 bits per heavy atom. The molecule has 2 saturated heterocycles. The molecule has 5 N–H and O–H groups in total. The average Bonchev–Trinajstić information content (AvgIpc) is 3.78. The fourth-order valence-electron chi connectivity index (χ4n) is 5.84. The molecule has 2 aromatic carbocycles. The number of hydrogen-bond donors (Lipinski definition) is 4. The molecule has 0 radical (unpaired) electrons. The number of fused-ring (bicyclic) bond motifs is 3. The van der Waals surface area contributed by atoms with Gasteiger partial charge >= 0.3 is 0 Å². The molecular formula is C30H28F3N5O5S. The van der Waals surface area contributed by atoms with E-state index in [0.717, 1.165) is 23.1 Å². The van der Waals surface area contributed by atoms with Crippen LogP contribution in [0.3, 0.4) is 0 Å². The molecule has 6 rings (SSSR count). The maximum atomic E-state index is 14.9. The van der Waals surface area contributed by atoms with Crippen LogP contribution in [0.2, 0.25) is 0 Å². The number of carbonyl (C=O) groups is 3. The predicted molar refractivity (Wildman–Crippen MR) is 154 cm³/mol. The Morgan fingerprint density at radius 3 is 2.55 bits per heavy atom. The summed E-state index contributed by atoms with van der Waals surface area (Å²) in [5.41, 5.74) is 5.54. The first-order chi connectivity index (χ1) is 20.9. The minimum absolute atomic E-state index is 0.0249. The van der Waals surface area contributed by atoms with Gasteiger partial charge < -0.3 is 30.7 Å². The second-order valence-corrected chi connectivity index (χ2v) is 11.9. The average molecular weight is 628 g/mol. The van der Waals surface area contributed by atoms with E-state index in [1.165, 1.54) is 34.4 Å². The van der Waals surface area contributed by atoms with Gasteiger partial charge in [0.15, 0.2) is 5.79 Å². The standard InChI is InChI=1S/C30H28F3N5O5S/c1-15(24-9-17(13-44-24)26(34)35)37-28(41)23-11-29(42-6-7-43-29)14-38(23)25(39)12-36-27(40)16-2-5-21-20(8-16)19-4-3-18(31)10-22(19)30(21,32)33/h2-5,8-10,13,15,23H,6-7,11-12,14H2,1H3,(H3,34,35)(H,36,40)(H,37,41)/t15?,23-/m0/s1. The van der Waals surface area contributed by atoms with Crippen molar-refractivity contribution in [3.8, 4) is 11.1 Å². The van der Waals surface area contributed by atoms with Crippen LogP contribution in [0.1, 0.15) is 51.3 Å². The maximum Gasteiger partial charge on any atom is 0.299 e. The van der Waals surface area contributed by atoms with Crippen LogP contribution in [-0.2, 0) is 25.0 Å². The molecular weight excluding hydrogens is 599 g/mol. The Kier molecular flexibility index (Phi) is 7.46. The molecule has 14 heteroatoms. The molecule has 2 atom stereocenters. The second kappa shape index (κ2) is 11.0. The Hall–Kier alpha value is -4.27. The van der Waals surface area contributed by atoms with Gasteiger partial charge in [0.25, 0.3) is 11.8 Å². The van der Waals surface area contributed by atoms with E-state index in [9.17, 15) is 27.6 Å². The summed E-state index contributed by atoms with van der Waals surface area (Å²) in [7, 11) is 0. The van der Waals surface area contributed by atoms with Crippen molar-refractivity contribution < 1.29 is 37.0 Å². The lowest BCUT2D eigenvalue weighted by atomic mass is 10.0. The number of likely N-dealkylation sites (tertiary alicyclic amines) is 1. The van der Waals surface area contributed by atoms with Gasteiger partial charge in [-0.25, -0.2) is 4.39 Å². The highest BCUT2D eigenvalue weighted by molar-refractivity contribution is 7.10. The van der Waals surface area contributed by atoms with Gasteiger partial charge in [0.05, 0.1) is 32.3 Å². The Labute approximate surface area is 253 Å². The lowest BCUT2D eigenvalue weighted by Gasteiger charge is -2.25. The Bertz CT molecular complexity index is 1690. The highest BCUT2D eigenvalue weighted by Crippen LogP contribution is 2.51. The van der Waals surface area contributed by atoms with Gasteiger partial charge in [-0.15, -0.1) is 11.3 Å². The minimum Gasteiger partial charge on any atom is -0.384 e. The summed E-state index contributed by atoms with van der Waals surface area (Å²) >= 11 is 1.34. The summed E-state index contributed by atoms with van der Waals surface area (Å²) in [5.74, 6) is -7.13. The summed E-state index contributed by atoms with van der Waals surface area (Å²) in [4.78, 5) is 41.9. The quantitative estimate of drug-likeness (QED) is 0.234. The van der Waals surface area contributed by atoms with Gasteiger partial charge in [-0.1, -0.05) is 12.1 Å². The number of nitrogens with two attached hydrogens (primary N) is 1. The Balaban J connectivity index is 1.15. The van der Waals surface area contributed by atoms with Crippen LogP contribution < -0.4 is 16.4 Å². The number of rotatable bonds is 7. The molecule has 3 aromatic rings. The number of halogens is 3. The van der Waals surface area contributed by atoms with E-state index in [4.69, 9.17) is 20.6 Å². The van der Waals surface area contributed by atoms with Crippen molar-refractivity contribution >= 4 is 34.9 Å². The zero-order valence-electron chi connectivity index (χ0n) is 23.4. The zero-order valence-corrected chi connectivity index (χ0v) is 24.2. The van der Waals surface area contributed by atoms with E-state index in [1.807, 2.05) is 0 Å². The summed E-state index contributed by atoms with van der Waals surface area (Å²) < 4.78 is 55.1. The predicted octanol–water partition coefficient (Wildman–Crippen LogP) is 3.24. The number of hydrogen-bond acceptors (Lipinski definition) is 7. The number of benzene rings is 2. The summed E-state index contributed by atoms with van der Waals surface area (Å²) in [6.07, 6.45) is 0.0907. The molecule has 1 unspecified atom stereocenters. The third-order valence-corrected chi connectivity index (χ3v) is 9.19. The molecule has 3 amide bonds. The molecule has 2 aliphatic heterocycles. The lowest BCUT2D eigenvalue weighted by Crippen LogP contribution is -2.49. The minimum atomic E-state index is -3.42. The van der Waals surface area contributed by atoms with Gasteiger partial charge in [-0.05, 0) is 48.4 Å². The Morgan fingerprint density at radius 1 is 1.09 bits per heavy atom. The third-order valence-electron chi connectivity index (χ3n) is 8.07. The van der Waals surface area contributed by atoms with Crippen LogP contribution in [0, 0.1) is 11.2 Å². The fourth-order valence-corrected chi connectivity index (χ4v) is 6.76. The topological polar surface area (TPSA) is 147 Å². The number of carbonyl (C=O) groups excluding carboxylic acids is 3. The van der Waals surface area contributed by atoms with E-state index in [1.54, 1.807) is 18.4 Å². The van der Waals surface area contributed by atoms with Crippen LogP contribution in [0.4, 0.5) is 13.2 Å². The van der Waals surface area contributed by atoms with Crippen LogP contribution >= 0.6 is 11.3 Å². The van der Waals surface area contributed by atoms with Crippen molar-refractivity contribution in [2.75, 3.05) is 26.3 Å². The van der Waals surface area contributed by atoms with Gasteiger partial charge in [0.2, 0.25) is 11.8 Å². The number of thiophene rings is 1. The third kappa shape index (κ3) is 5.22. The molecule has 10 nitrogen and oxygen atoms in total. The molecule has 1 spiro atoms. The maximum absolute atomic E-state index is 14.9. The van der Waals surface area contributed by atoms with Crippen molar-refractivity contribution in [2.24, 2.45) is 5.73 Å². The monoisotopic (exact) mass is 627 g/mol. The van der Waals surface area contributed by atoms with Gasteiger partial charge in [0.1, 0.15) is 17.7 Å². The first-order valence-electron chi connectivity index (χ1n) is 13.8. The van der Waals surface area contributed by atoms with Gasteiger partial charge in [-0.3, -0.25) is 19.8 Å². The second-order valence-electron chi connectivity index (χ2n) is 10.9. The largest absolute Gasteiger partial charge is 0.384 e. The van der Waals surface area contributed by atoms with E-state index in [0.29, 0.717) is 18.8 Å². The molecule has 1 aliphatic carbocycles. The molecule has 0 saturated carbocycles. The molecule has 3 heterocycles. The van der Waals surface area contributed by atoms with Crippen molar-refractivity contribution in [1.29, 1.82) is 5.41 Å². The first-order valence-corrected chi connectivity index (χ1v) is 14.7. The normalized spacial score (nSPS) is 19.8. The van der Waals surface area contributed by atoms with Crippen molar-refractivity contribution in [1.82, 2.24) is 15.5 Å².